The minimum atomic E-state index is -3.52. The number of fused-ring (bicyclic) bond motifs is 1. The molecule has 0 fully saturated rings. The summed E-state index contributed by atoms with van der Waals surface area (Å²) >= 11 is 0. The van der Waals surface area contributed by atoms with Crippen molar-refractivity contribution in [1.82, 2.24) is 0 Å². The van der Waals surface area contributed by atoms with Crippen LogP contribution in [-0.4, -0.2) is 33.3 Å². The Bertz CT molecular complexity index is 1070. The largest absolute Gasteiger partial charge is 0.493 e. The SMILES string of the molecule is COc1cc(N2C(=O)C(C)(C)Oc3cc(NS(C)(=O)=O)ccc32)cc(F)c1F. The standard InChI is InChI=1S/C18H18F2N2O5S/c1-18(2)17(23)22(11-8-12(19)16(20)15(9-11)26-3)13-6-5-10(7-14(13)27-18)21-28(4,24)25/h5-9,21H,1-4H3. The molecule has 150 valence electrons. The summed E-state index contributed by atoms with van der Waals surface area (Å²) in [5.41, 5.74) is -0.817. The zero-order valence-electron chi connectivity index (χ0n) is 15.5. The Kier molecular flexibility index (Phi) is 4.70. The average molecular weight is 412 g/mol. The topological polar surface area (TPSA) is 84.9 Å². The van der Waals surface area contributed by atoms with Gasteiger partial charge < -0.3 is 9.47 Å². The van der Waals surface area contributed by atoms with Crippen LogP contribution in [-0.2, 0) is 14.8 Å². The van der Waals surface area contributed by atoms with Crippen molar-refractivity contribution in [2.75, 3.05) is 23.0 Å². The number of nitrogens with one attached hydrogen (secondary N) is 1. The highest BCUT2D eigenvalue weighted by atomic mass is 32.2. The normalized spacial score (nSPS) is 15.6. The number of carbonyl (C=O) groups is 1. The Morgan fingerprint density at radius 3 is 2.46 bits per heavy atom. The van der Waals surface area contributed by atoms with E-state index in [2.05, 4.69) is 4.72 Å². The smallest absolute Gasteiger partial charge is 0.275 e. The third-order valence-corrected chi connectivity index (χ3v) is 4.65. The van der Waals surface area contributed by atoms with Gasteiger partial charge in [-0.1, -0.05) is 0 Å². The van der Waals surface area contributed by atoms with E-state index in [1.807, 2.05) is 0 Å². The predicted octanol–water partition coefficient (Wildman–Crippen LogP) is 3.18. The van der Waals surface area contributed by atoms with Crippen LogP contribution in [0.3, 0.4) is 0 Å². The predicted molar refractivity (Wildman–Crippen MR) is 99.7 cm³/mol. The zero-order valence-corrected chi connectivity index (χ0v) is 16.4. The molecule has 0 aromatic heterocycles. The molecule has 1 amide bonds. The van der Waals surface area contributed by atoms with Gasteiger partial charge in [0.25, 0.3) is 5.91 Å². The summed E-state index contributed by atoms with van der Waals surface area (Å²) in [5.74, 6) is -3.02. The minimum absolute atomic E-state index is 0.0437. The molecule has 1 aliphatic rings. The van der Waals surface area contributed by atoms with E-state index in [9.17, 15) is 22.0 Å². The first-order valence-corrected chi connectivity index (χ1v) is 10.0. The Hall–Kier alpha value is -2.88. The molecule has 7 nitrogen and oxygen atoms in total. The number of hydrogen-bond acceptors (Lipinski definition) is 5. The monoisotopic (exact) mass is 412 g/mol. The van der Waals surface area contributed by atoms with Crippen molar-refractivity contribution >= 4 is 33.0 Å². The van der Waals surface area contributed by atoms with E-state index in [4.69, 9.17) is 9.47 Å². The first-order valence-electron chi connectivity index (χ1n) is 8.11. The Balaban J connectivity index is 2.18. The molecular formula is C18H18F2N2O5S. The number of anilines is 3. The van der Waals surface area contributed by atoms with E-state index in [0.29, 0.717) is 0 Å². The summed E-state index contributed by atoms with van der Waals surface area (Å²) in [6.45, 7) is 3.03. The van der Waals surface area contributed by atoms with Gasteiger partial charge in [-0.2, -0.15) is 4.39 Å². The quantitative estimate of drug-likeness (QED) is 0.834. The second-order valence-corrected chi connectivity index (χ2v) is 8.50. The second-order valence-electron chi connectivity index (χ2n) is 6.75. The maximum atomic E-state index is 14.0. The molecule has 0 radical (unpaired) electrons. The molecule has 1 N–H and O–H groups in total. The maximum Gasteiger partial charge on any atom is 0.275 e. The van der Waals surface area contributed by atoms with Gasteiger partial charge in [-0.15, -0.1) is 0 Å². The van der Waals surface area contributed by atoms with Crippen molar-refractivity contribution in [2.45, 2.75) is 19.4 Å². The lowest BCUT2D eigenvalue weighted by Crippen LogP contribution is -2.50. The lowest BCUT2D eigenvalue weighted by atomic mass is 10.0. The van der Waals surface area contributed by atoms with Crippen LogP contribution in [0, 0.1) is 11.6 Å². The number of ether oxygens (including phenoxy) is 2. The van der Waals surface area contributed by atoms with Crippen LogP contribution in [0.15, 0.2) is 30.3 Å². The first-order chi connectivity index (χ1) is 12.9. The van der Waals surface area contributed by atoms with Crippen LogP contribution in [0.4, 0.5) is 25.8 Å². The van der Waals surface area contributed by atoms with Crippen LogP contribution in [0.1, 0.15) is 13.8 Å². The lowest BCUT2D eigenvalue weighted by molar-refractivity contribution is -0.131. The Morgan fingerprint density at radius 2 is 1.86 bits per heavy atom. The number of nitrogens with zero attached hydrogens (tertiary/aromatic N) is 1. The first kappa shape index (κ1) is 19.9. The van der Waals surface area contributed by atoms with Gasteiger partial charge in [0.15, 0.2) is 17.2 Å². The number of halogens is 2. The van der Waals surface area contributed by atoms with E-state index < -0.39 is 33.2 Å². The Labute approximate surface area is 160 Å². The summed E-state index contributed by atoms with van der Waals surface area (Å²) < 4.78 is 63.7. The number of hydrogen-bond donors (Lipinski definition) is 1. The number of benzene rings is 2. The number of sulfonamides is 1. The van der Waals surface area contributed by atoms with E-state index in [-0.39, 0.29) is 28.6 Å². The molecule has 2 aromatic carbocycles. The molecule has 2 aromatic rings. The van der Waals surface area contributed by atoms with Crippen LogP contribution >= 0.6 is 0 Å². The highest BCUT2D eigenvalue weighted by Gasteiger charge is 2.42. The molecule has 0 aliphatic carbocycles. The summed E-state index contributed by atoms with van der Waals surface area (Å²) in [4.78, 5) is 14.1. The fourth-order valence-electron chi connectivity index (χ4n) is 2.84. The van der Waals surface area contributed by atoms with E-state index in [1.54, 1.807) is 0 Å². The summed E-state index contributed by atoms with van der Waals surface area (Å²) in [6, 6.07) is 6.37. The molecule has 0 unspecified atom stereocenters. The van der Waals surface area contributed by atoms with Crippen LogP contribution in [0.25, 0.3) is 0 Å². The van der Waals surface area contributed by atoms with Gasteiger partial charge in [0.2, 0.25) is 15.8 Å². The van der Waals surface area contributed by atoms with Crippen LogP contribution in [0.5, 0.6) is 11.5 Å². The van der Waals surface area contributed by atoms with Gasteiger partial charge in [0.1, 0.15) is 5.75 Å². The number of carbonyl (C=O) groups excluding carboxylic acids is 1. The van der Waals surface area contributed by atoms with Crippen LogP contribution < -0.4 is 19.1 Å². The summed E-state index contributed by atoms with van der Waals surface area (Å²) in [6.07, 6.45) is 1.00. The highest BCUT2D eigenvalue weighted by Crippen LogP contribution is 2.44. The van der Waals surface area contributed by atoms with Gasteiger partial charge in [-0.25, -0.2) is 12.8 Å². The summed E-state index contributed by atoms with van der Waals surface area (Å²) in [5, 5.41) is 0. The van der Waals surface area contributed by atoms with Crippen molar-refractivity contribution in [3.8, 4) is 11.5 Å². The molecule has 0 spiro atoms. The van der Waals surface area contributed by atoms with E-state index in [1.165, 1.54) is 50.1 Å². The molecule has 10 heteroatoms. The van der Waals surface area contributed by atoms with Gasteiger partial charge in [-0.05, 0) is 26.0 Å². The fourth-order valence-corrected chi connectivity index (χ4v) is 3.39. The van der Waals surface area contributed by atoms with Gasteiger partial charge in [0.05, 0.1) is 30.4 Å². The molecule has 3 rings (SSSR count). The fraction of sp³-hybridized carbons (Fsp3) is 0.278. The molecule has 0 saturated carbocycles. The third-order valence-electron chi connectivity index (χ3n) is 4.04. The zero-order chi connectivity index (χ0) is 20.9. The molecule has 0 saturated heterocycles. The van der Waals surface area contributed by atoms with Crippen molar-refractivity contribution in [3.05, 3.63) is 42.0 Å². The molecule has 0 atom stereocenters. The molecular weight excluding hydrogens is 394 g/mol. The van der Waals surface area contributed by atoms with Crippen molar-refractivity contribution in [3.63, 3.8) is 0 Å². The van der Waals surface area contributed by atoms with Crippen molar-refractivity contribution in [2.24, 2.45) is 0 Å². The number of amides is 1. The highest BCUT2D eigenvalue weighted by molar-refractivity contribution is 7.92. The minimum Gasteiger partial charge on any atom is -0.493 e. The molecule has 1 heterocycles. The lowest BCUT2D eigenvalue weighted by Gasteiger charge is -2.39. The molecule has 1 aliphatic heterocycles. The second kappa shape index (κ2) is 6.62. The number of methoxy groups -OCH3 is 1. The van der Waals surface area contributed by atoms with Crippen molar-refractivity contribution in [1.29, 1.82) is 0 Å². The average Bonchev–Trinajstić information content (AvgIpc) is 2.57. The third kappa shape index (κ3) is 3.59. The Morgan fingerprint density at radius 1 is 1.18 bits per heavy atom. The number of rotatable bonds is 4. The maximum absolute atomic E-state index is 14.0. The van der Waals surface area contributed by atoms with Gasteiger partial charge >= 0.3 is 0 Å². The summed E-state index contributed by atoms with van der Waals surface area (Å²) in [7, 11) is -2.34. The van der Waals surface area contributed by atoms with Crippen LogP contribution in [0.2, 0.25) is 0 Å². The molecule has 0 bridgehead atoms. The van der Waals surface area contributed by atoms with E-state index >= 15 is 0 Å². The molecule has 28 heavy (non-hydrogen) atoms. The van der Waals surface area contributed by atoms with Gasteiger partial charge in [0, 0.05) is 18.2 Å². The van der Waals surface area contributed by atoms with E-state index in [0.717, 1.165) is 12.3 Å². The van der Waals surface area contributed by atoms with Gasteiger partial charge in [-0.3, -0.25) is 14.4 Å². The van der Waals surface area contributed by atoms with Crippen molar-refractivity contribution < 1.29 is 31.5 Å².